The van der Waals surface area contributed by atoms with Crippen LogP contribution >= 0.6 is 0 Å². The second kappa shape index (κ2) is 9.32. The lowest BCUT2D eigenvalue weighted by Gasteiger charge is -2.37. The number of piperazine rings is 1. The molecular weight excluding hydrogens is 378 g/mol. The fraction of sp³-hybridized carbons (Fsp3) is 0.455. The number of hydrogen-bond donors (Lipinski definition) is 1. The lowest BCUT2D eigenvalue weighted by Crippen LogP contribution is -3.15. The van der Waals surface area contributed by atoms with Crippen molar-refractivity contribution in [2.75, 3.05) is 44.8 Å². The molecule has 0 saturated carbocycles. The molecule has 1 aliphatic rings. The van der Waals surface area contributed by atoms with Gasteiger partial charge in [-0.3, -0.25) is 4.98 Å². The molecule has 1 N–H and O–H groups in total. The van der Waals surface area contributed by atoms with Crippen LogP contribution in [0.5, 0.6) is 0 Å². The van der Waals surface area contributed by atoms with Gasteiger partial charge in [0, 0.05) is 19.0 Å². The largest absolute Gasteiger partial charge is 0.383 e. The monoisotopic (exact) mass is 408 g/mol. The van der Waals surface area contributed by atoms with E-state index in [0.29, 0.717) is 13.2 Å². The normalized spacial score (nSPS) is 16.0. The van der Waals surface area contributed by atoms with Gasteiger partial charge in [0.1, 0.15) is 5.69 Å². The Balaban J connectivity index is 1.57. The number of hydrogen-bond acceptors (Lipinski definition) is 6. The van der Waals surface area contributed by atoms with Gasteiger partial charge < -0.3 is 14.5 Å². The summed E-state index contributed by atoms with van der Waals surface area (Å²) in [5, 5.41) is 12.6. The van der Waals surface area contributed by atoms with Crippen molar-refractivity contribution < 1.29 is 9.64 Å². The number of methoxy groups -OCH3 is 1. The molecule has 1 saturated heterocycles. The Morgan fingerprint density at radius 3 is 2.67 bits per heavy atom. The van der Waals surface area contributed by atoms with Crippen LogP contribution in [0, 0.1) is 13.8 Å². The first-order valence-corrected chi connectivity index (χ1v) is 10.5. The third kappa shape index (κ3) is 4.20. The number of ether oxygens (including phenoxy) is 1. The Bertz CT molecular complexity index is 951. The van der Waals surface area contributed by atoms with E-state index in [1.165, 1.54) is 21.7 Å². The Morgan fingerprint density at radius 1 is 1.10 bits per heavy atom. The standard InChI is InChI=1S/C22H29N7O/c1-17-7-6-9-20(18(17)2)27-11-13-28(14-12-27)21(19-8-4-5-10-23-19)22-24-25-26-29(22)15-16-30-3/h4-10,21H,11-16H2,1-3H3/p+1/t21-/m0/s1. The van der Waals surface area contributed by atoms with Gasteiger partial charge in [-0.25, -0.2) is 4.68 Å². The zero-order valence-corrected chi connectivity index (χ0v) is 18.0. The highest BCUT2D eigenvalue weighted by Gasteiger charge is 2.35. The van der Waals surface area contributed by atoms with Crippen molar-refractivity contribution in [3.05, 3.63) is 65.2 Å². The van der Waals surface area contributed by atoms with Crippen LogP contribution < -0.4 is 9.80 Å². The summed E-state index contributed by atoms with van der Waals surface area (Å²) in [6.45, 7) is 9.55. The second-order valence-corrected chi connectivity index (χ2v) is 7.80. The number of aryl methyl sites for hydroxylation is 1. The molecule has 3 aromatic rings. The van der Waals surface area contributed by atoms with E-state index in [-0.39, 0.29) is 6.04 Å². The Hall–Kier alpha value is -2.84. The summed E-state index contributed by atoms with van der Waals surface area (Å²) < 4.78 is 7.09. The molecule has 0 unspecified atom stereocenters. The highest BCUT2D eigenvalue weighted by atomic mass is 16.5. The zero-order chi connectivity index (χ0) is 20.9. The smallest absolute Gasteiger partial charge is 0.215 e. The van der Waals surface area contributed by atoms with E-state index in [1.807, 2.05) is 23.0 Å². The van der Waals surface area contributed by atoms with Crippen molar-refractivity contribution in [3.8, 4) is 0 Å². The van der Waals surface area contributed by atoms with Gasteiger partial charge in [-0.15, -0.1) is 5.10 Å². The van der Waals surface area contributed by atoms with Crippen LogP contribution in [0.3, 0.4) is 0 Å². The van der Waals surface area contributed by atoms with E-state index in [9.17, 15) is 0 Å². The van der Waals surface area contributed by atoms with Crippen LogP contribution in [0.25, 0.3) is 0 Å². The predicted molar refractivity (Wildman–Crippen MR) is 115 cm³/mol. The van der Waals surface area contributed by atoms with Crippen LogP contribution in [-0.2, 0) is 11.3 Å². The molecule has 8 nitrogen and oxygen atoms in total. The molecule has 8 heteroatoms. The van der Waals surface area contributed by atoms with Crippen molar-refractivity contribution >= 4 is 5.69 Å². The molecule has 0 spiro atoms. The molecule has 2 aromatic heterocycles. The summed E-state index contributed by atoms with van der Waals surface area (Å²) >= 11 is 0. The molecule has 0 bridgehead atoms. The average molecular weight is 409 g/mol. The minimum atomic E-state index is -0.00110. The molecule has 1 aromatic carbocycles. The number of quaternary nitrogens is 1. The van der Waals surface area contributed by atoms with Crippen molar-refractivity contribution in [1.29, 1.82) is 0 Å². The quantitative estimate of drug-likeness (QED) is 0.624. The number of nitrogens with one attached hydrogen (secondary N) is 1. The summed E-state index contributed by atoms with van der Waals surface area (Å²) in [5.74, 6) is 0.848. The molecule has 1 fully saturated rings. The third-order valence-electron chi connectivity index (χ3n) is 6.04. The molecular formula is C22H30N7O+. The molecule has 1 aliphatic heterocycles. The van der Waals surface area contributed by atoms with E-state index in [2.05, 4.69) is 63.5 Å². The first-order valence-electron chi connectivity index (χ1n) is 10.5. The van der Waals surface area contributed by atoms with Crippen molar-refractivity contribution in [3.63, 3.8) is 0 Å². The van der Waals surface area contributed by atoms with E-state index < -0.39 is 0 Å². The first kappa shape index (κ1) is 20.4. The SMILES string of the molecule is COCCn1nnnc1[C@H](c1ccccn1)[NH+]1CCN(c2cccc(C)c2C)CC1. The van der Waals surface area contributed by atoms with Gasteiger partial charge >= 0.3 is 0 Å². The first-order chi connectivity index (χ1) is 14.7. The summed E-state index contributed by atoms with van der Waals surface area (Å²) in [6, 6.07) is 12.6. The number of aromatic nitrogens is 5. The molecule has 1 atom stereocenters. The highest BCUT2D eigenvalue weighted by Crippen LogP contribution is 2.23. The van der Waals surface area contributed by atoms with Gasteiger partial charge in [-0.05, 0) is 53.6 Å². The van der Waals surface area contributed by atoms with Gasteiger partial charge in [-0.2, -0.15) is 0 Å². The molecule has 4 rings (SSSR count). The molecule has 0 aliphatic carbocycles. The van der Waals surface area contributed by atoms with Crippen molar-refractivity contribution in [2.24, 2.45) is 0 Å². The van der Waals surface area contributed by atoms with E-state index in [1.54, 1.807) is 7.11 Å². The van der Waals surface area contributed by atoms with Crippen LogP contribution in [-0.4, -0.2) is 65.1 Å². The maximum Gasteiger partial charge on any atom is 0.215 e. The molecule has 3 heterocycles. The van der Waals surface area contributed by atoms with Crippen molar-refractivity contribution in [1.82, 2.24) is 25.2 Å². The summed E-state index contributed by atoms with van der Waals surface area (Å²) in [7, 11) is 1.69. The molecule has 0 amide bonds. The third-order valence-corrected chi connectivity index (χ3v) is 6.04. The van der Waals surface area contributed by atoms with Gasteiger partial charge in [0.05, 0.1) is 39.3 Å². The lowest BCUT2D eigenvalue weighted by molar-refractivity contribution is -0.927. The van der Waals surface area contributed by atoms with Crippen LogP contribution in [0.1, 0.15) is 28.7 Å². The number of benzene rings is 1. The molecule has 30 heavy (non-hydrogen) atoms. The number of nitrogens with zero attached hydrogens (tertiary/aromatic N) is 6. The number of anilines is 1. The minimum absolute atomic E-state index is 0.00110. The number of tetrazole rings is 1. The van der Waals surface area contributed by atoms with Gasteiger partial charge in [0.25, 0.3) is 0 Å². The topological polar surface area (TPSA) is 73.4 Å². The minimum Gasteiger partial charge on any atom is -0.383 e. The predicted octanol–water partition coefficient (Wildman–Crippen LogP) is 0.826. The fourth-order valence-electron chi connectivity index (χ4n) is 4.23. The van der Waals surface area contributed by atoms with Crippen LogP contribution in [0.15, 0.2) is 42.6 Å². The zero-order valence-electron chi connectivity index (χ0n) is 18.0. The number of rotatable bonds is 7. The Kier molecular flexibility index (Phi) is 6.35. The summed E-state index contributed by atoms with van der Waals surface area (Å²) in [5.41, 5.74) is 5.05. The molecule has 0 radical (unpaired) electrons. The van der Waals surface area contributed by atoms with E-state index in [4.69, 9.17) is 4.74 Å². The summed E-state index contributed by atoms with van der Waals surface area (Å²) in [4.78, 5) is 8.59. The fourth-order valence-corrected chi connectivity index (χ4v) is 4.23. The van der Waals surface area contributed by atoms with Crippen LogP contribution in [0.4, 0.5) is 5.69 Å². The second-order valence-electron chi connectivity index (χ2n) is 7.80. The van der Waals surface area contributed by atoms with Gasteiger partial charge in [0.2, 0.25) is 5.82 Å². The van der Waals surface area contributed by atoms with Crippen LogP contribution in [0.2, 0.25) is 0 Å². The lowest BCUT2D eigenvalue weighted by atomic mass is 10.1. The van der Waals surface area contributed by atoms with E-state index in [0.717, 1.165) is 37.7 Å². The Labute approximate surface area is 177 Å². The maximum atomic E-state index is 5.24. The van der Waals surface area contributed by atoms with Gasteiger partial charge in [0.15, 0.2) is 6.04 Å². The highest BCUT2D eigenvalue weighted by molar-refractivity contribution is 5.56. The van der Waals surface area contributed by atoms with Crippen molar-refractivity contribution in [2.45, 2.75) is 26.4 Å². The Morgan fingerprint density at radius 2 is 1.93 bits per heavy atom. The van der Waals surface area contributed by atoms with E-state index >= 15 is 0 Å². The number of pyridine rings is 1. The maximum absolute atomic E-state index is 5.24. The summed E-state index contributed by atoms with van der Waals surface area (Å²) in [6.07, 6.45) is 1.84. The van der Waals surface area contributed by atoms with Gasteiger partial charge in [-0.1, -0.05) is 18.2 Å². The molecule has 158 valence electrons. The average Bonchev–Trinajstić information content (AvgIpc) is 3.24.